The summed E-state index contributed by atoms with van der Waals surface area (Å²) in [5.74, 6) is -0.612. The molecule has 6 nitrogen and oxygen atoms in total. The minimum Gasteiger partial charge on any atom is -0.319 e. The van der Waals surface area contributed by atoms with E-state index in [0.29, 0.717) is 4.80 Å². The molecule has 0 bridgehead atoms. The summed E-state index contributed by atoms with van der Waals surface area (Å²) in [5.41, 5.74) is 3.01. The van der Waals surface area contributed by atoms with Crippen LogP contribution in [0.5, 0.6) is 0 Å². The van der Waals surface area contributed by atoms with E-state index in [0.717, 1.165) is 21.3 Å². The van der Waals surface area contributed by atoms with Crippen molar-refractivity contribution in [3.8, 4) is 0 Å². The molecule has 1 heterocycles. The fourth-order valence-electron chi connectivity index (χ4n) is 2.75. The zero-order chi connectivity index (χ0) is 17.4. The Balaban J connectivity index is 2.18. The van der Waals surface area contributed by atoms with Crippen molar-refractivity contribution in [2.24, 2.45) is 12.0 Å². The van der Waals surface area contributed by atoms with E-state index in [9.17, 15) is 14.9 Å². The Morgan fingerprint density at radius 2 is 1.96 bits per heavy atom. The van der Waals surface area contributed by atoms with Crippen LogP contribution >= 0.6 is 11.3 Å². The molecule has 3 rings (SSSR count). The molecule has 0 unspecified atom stereocenters. The molecular weight excluding hydrogens is 326 g/mol. The van der Waals surface area contributed by atoms with Crippen molar-refractivity contribution in [1.82, 2.24) is 4.57 Å². The summed E-state index contributed by atoms with van der Waals surface area (Å²) in [5, 5.41) is 11.1. The van der Waals surface area contributed by atoms with Gasteiger partial charge in [0, 0.05) is 13.1 Å². The average molecular weight is 341 g/mol. The third-order valence-corrected chi connectivity index (χ3v) is 4.84. The predicted molar refractivity (Wildman–Crippen MR) is 93.3 cm³/mol. The fraction of sp³-hybridized carbons (Fsp3) is 0.176. The minimum absolute atomic E-state index is 0.00661. The number of aromatic nitrogens is 1. The van der Waals surface area contributed by atoms with Gasteiger partial charge in [-0.2, -0.15) is 4.99 Å². The first-order valence-electron chi connectivity index (χ1n) is 7.27. The largest absolute Gasteiger partial charge is 0.319 e. The van der Waals surface area contributed by atoms with Crippen molar-refractivity contribution in [3.05, 3.63) is 68.0 Å². The molecule has 0 aliphatic carbocycles. The normalized spacial score (nSPS) is 11.9. The van der Waals surface area contributed by atoms with Gasteiger partial charge in [-0.3, -0.25) is 14.9 Å². The molecule has 0 atom stereocenters. The topological polar surface area (TPSA) is 77.5 Å². The highest BCUT2D eigenvalue weighted by Crippen LogP contribution is 2.23. The van der Waals surface area contributed by atoms with Crippen LogP contribution in [-0.4, -0.2) is 15.4 Å². The van der Waals surface area contributed by atoms with Crippen molar-refractivity contribution in [2.45, 2.75) is 13.8 Å². The van der Waals surface area contributed by atoms with Crippen LogP contribution in [-0.2, 0) is 7.05 Å². The molecular formula is C17H15N3O3S. The highest BCUT2D eigenvalue weighted by molar-refractivity contribution is 7.16. The highest BCUT2D eigenvalue weighted by atomic mass is 32.1. The summed E-state index contributed by atoms with van der Waals surface area (Å²) in [6, 6.07) is 9.96. The van der Waals surface area contributed by atoms with Gasteiger partial charge in [-0.1, -0.05) is 29.5 Å². The lowest BCUT2D eigenvalue weighted by atomic mass is 10.1. The van der Waals surface area contributed by atoms with Crippen molar-refractivity contribution >= 4 is 33.1 Å². The lowest BCUT2D eigenvalue weighted by Gasteiger charge is -2.01. The number of fused-ring (bicyclic) bond motifs is 1. The van der Waals surface area contributed by atoms with Crippen molar-refractivity contribution in [2.75, 3.05) is 0 Å². The monoisotopic (exact) mass is 341 g/mol. The second-order valence-corrected chi connectivity index (χ2v) is 6.57. The molecule has 7 heteroatoms. The third kappa shape index (κ3) is 2.74. The number of amides is 1. The standard InChI is InChI=1S/C17H15N3O3S/c1-10-8-11(2)15-14(9-10)24-17(19(15)3)18-16(21)12-6-4-5-7-13(12)20(22)23/h4-9H,1-3H3. The van der Waals surface area contributed by atoms with Gasteiger partial charge in [0.05, 0.1) is 15.1 Å². The smallest absolute Gasteiger partial charge is 0.286 e. The van der Waals surface area contributed by atoms with E-state index >= 15 is 0 Å². The molecule has 122 valence electrons. The molecule has 0 fully saturated rings. The Bertz CT molecular complexity index is 1050. The Hall–Kier alpha value is -2.80. The molecule has 0 saturated heterocycles. The summed E-state index contributed by atoms with van der Waals surface area (Å²) in [6.07, 6.45) is 0. The number of nitro groups is 1. The van der Waals surface area contributed by atoms with Crippen LogP contribution < -0.4 is 4.80 Å². The molecule has 0 aliphatic heterocycles. The van der Waals surface area contributed by atoms with Gasteiger partial charge in [-0.15, -0.1) is 0 Å². The lowest BCUT2D eigenvalue weighted by molar-refractivity contribution is -0.385. The zero-order valence-electron chi connectivity index (χ0n) is 13.4. The second-order valence-electron chi connectivity index (χ2n) is 5.56. The number of aryl methyl sites for hydroxylation is 3. The van der Waals surface area contributed by atoms with Gasteiger partial charge in [0.1, 0.15) is 5.56 Å². The number of nitro benzene ring substituents is 1. The maximum absolute atomic E-state index is 12.4. The average Bonchev–Trinajstić information content (AvgIpc) is 2.83. The molecule has 0 radical (unpaired) electrons. The molecule has 1 aromatic heterocycles. The van der Waals surface area contributed by atoms with Gasteiger partial charge in [0.15, 0.2) is 4.80 Å². The van der Waals surface area contributed by atoms with Gasteiger partial charge in [-0.25, -0.2) is 0 Å². The quantitative estimate of drug-likeness (QED) is 0.528. The van der Waals surface area contributed by atoms with E-state index in [1.165, 1.54) is 29.5 Å². The lowest BCUT2D eigenvalue weighted by Crippen LogP contribution is -2.14. The predicted octanol–water partition coefficient (Wildman–Crippen LogP) is 3.51. The SMILES string of the molecule is Cc1cc(C)c2c(c1)sc(=NC(=O)c1ccccc1[N+](=O)[O-])n2C. The number of nitrogens with zero attached hydrogens (tertiary/aromatic N) is 3. The van der Waals surface area contributed by atoms with E-state index in [-0.39, 0.29) is 11.3 Å². The minimum atomic E-state index is -0.612. The first-order chi connectivity index (χ1) is 11.4. The van der Waals surface area contributed by atoms with Crippen LogP contribution in [0.25, 0.3) is 10.2 Å². The Kier molecular flexibility index (Phi) is 4.02. The van der Waals surface area contributed by atoms with E-state index in [1.807, 2.05) is 31.5 Å². The second kappa shape index (κ2) is 6.01. The number of carbonyl (C=O) groups is 1. The van der Waals surface area contributed by atoms with Gasteiger partial charge in [-0.05, 0) is 37.1 Å². The molecule has 0 aliphatic rings. The van der Waals surface area contributed by atoms with E-state index < -0.39 is 10.8 Å². The van der Waals surface area contributed by atoms with Crippen LogP contribution in [0.1, 0.15) is 21.5 Å². The van der Waals surface area contributed by atoms with Gasteiger partial charge >= 0.3 is 0 Å². The van der Waals surface area contributed by atoms with E-state index in [2.05, 4.69) is 11.1 Å². The van der Waals surface area contributed by atoms with Gasteiger partial charge < -0.3 is 4.57 Å². The zero-order valence-corrected chi connectivity index (χ0v) is 14.3. The molecule has 24 heavy (non-hydrogen) atoms. The summed E-state index contributed by atoms with van der Waals surface area (Å²) >= 11 is 1.40. The molecule has 2 aromatic carbocycles. The summed E-state index contributed by atoms with van der Waals surface area (Å²) in [6.45, 7) is 4.02. The van der Waals surface area contributed by atoms with E-state index in [1.54, 1.807) is 6.07 Å². The van der Waals surface area contributed by atoms with E-state index in [4.69, 9.17) is 0 Å². The highest BCUT2D eigenvalue weighted by Gasteiger charge is 2.19. The summed E-state index contributed by atoms with van der Waals surface area (Å²) in [7, 11) is 1.84. The van der Waals surface area contributed by atoms with Crippen LogP contribution in [0.2, 0.25) is 0 Å². The van der Waals surface area contributed by atoms with Crippen molar-refractivity contribution < 1.29 is 9.72 Å². The van der Waals surface area contributed by atoms with Gasteiger partial charge in [0.25, 0.3) is 11.6 Å². The Labute approximate surface area is 141 Å². The Morgan fingerprint density at radius 1 is 1.25 bits per heavy atom. The van der Waals surface area contributed by atoms with Gasteiger partial charge in [0.2, 0.25) is 0 Å². The number of thiazole rings is 1. The summed E-state index contributed by atoms with van der Waals surface area (Å²) in [4.78, 5) is 27.6. The van der Waals surface area contributed by atoms with Crippen LogP contribution in [0.4, 0.5) is 5.69 Å². The third-order valence-electron chi connectivity index (χ3n) is 3.76. The molecule has 0 saturated carbocycles. The number of carbonyl (C=O) groups excluding carboxylic acids is 1. The maximum Gasteiger partial charge on any atom is 0.286 e. The molecule has 0 N–H and O–H groups in total. The number of para-hydroxylation sites is 1. The number of benzene rings is 2. The Morgan fingerprint density at radius 3 is 2.67 bits per heavy atom. The summed E-state index contributed by atoms with van der Waals surface area (Å²) < 4.78 is 2.88. The van der Waals surface area contributed by atoms with Crippen molar-refractivity contribution in [1.29, 1.82) is 0 Å². The first kappa shape index (κ1) is 16.1. The molecule has 0 spiro atoms. The van der Waals surface area contributed by atoms with Crippen LogP contribution in [0, 0.1) is 24.0 Å². The van der Waals surface area contributed by atoms with Crippen molar-refractivity contribution in [3.63, 3.8) is 0 Å². The molecule has 3 aromatic rings. The number of hydrogen-bond donors (Lipinski definition) is 0. The maximum atomic E-state index is 12.4. The molecule has 1 amide bonds. The number of rotatable bonds is 2. The van der Waals surface area contributed by atoms with Crippen LogP contribution in [0.15, 0.2) is 41.4 Å². The number of hydrogen-bond acceptors (Lipinski definition) is 4. The fourth-order valence-corrected chi connectivity index (χ4v) is 3.94. The van der Waals surface area contributed by atoms with Crippen LogP contribution in [0.3, 0.4) is 0 Å². The first-order valence-corrected chi connectivity index (χ1v) is 8.09.